The lowest BCUT2D eigenvalue weighted by Crippen LogP contribution is -2.17. The standard InChI is InChI=1S/C15H13BrN2O2/c1-20-14-5-3-2-4-12(14)10-17-18-15(19)11-6-8-13(16)9-7-11/h2-10H,1H3,(H,18,19). The number of hydrogen-bond donors (Lipinski definition) is 1. The van der Waals surface area contributed by atoms with E-state index >= 15 is 0 Å². The van der Waals surface area contributed by atoms with Crippen LogP contribution in [0.5, 0.6) is 5.75 Å². The lowest BCUT2D eigenvalue weighted by atomic mass is 10.2. The van der Waals surface area contributed by atoms with E-state index in [0.29, 0.717) is 11.3 Å². The van der Waals surface area contributed by atoms with Gasteiger partial charge in [0.15, 0.2) is 0 Å². The number of para-hydroxylation sites is 1. The molecule has 0 spiro atoms. The van der Waals surface area contributed by atoms with Gasteiger partial charge in [-0.2, -0.15) is 5.10 Å². The number of rotatable bonds is 4. The number of benzene rings is 2. The van der Waals surface area contributed by atoms with Gasteiger partial charge in [0.2, 0.25) is 0 Å². The number of hydrogen-bond acceptors (Lipinski definition) is 3. The van der Waals surface area contributed by atoms with Crippen LogP contribution in [-0.2, 0) is 0 Å². The number of carbonyl (C=O) groups is 1. The first-order valence-corrected chi connectivity index (χ1v) is 6.72. The normalized spacial score (nSPS) is 10.5. The Balaban J connectivity index is 2.02. The maximum Gasteiger partial charge on any atom is 0.271 e. The molecule has 0 aliphatic carbocycles. The molecule has 102 valence electrons. The molecule has 2 aromatic rings. The van der Waals surface area contributed by atoms with Gasteiger partial charge in [-0.1, -0.05) is 28.1 Å². The van der Waals surface area contributed by atoms with Crippen LogP contribution >= 0.6 is 15.9 Å². The summed E-state index contributed by atoms with van der Waals surface area (Å²) in [5, 5.41) is 3.93. The molecule has 20 heavy (non-hydrogen) atoms. The van der Waals surface area contributed by atoms with Gasteiger partial charge in [0, 0.05) is 15.6 Å². The third kappa shape index (κ3) is 3.68. The second-order valence-corrected chi connectivity index (χ2v) is 4.86. The zero-order valence-electron chi connectivity index (χ0n) is 10.8. The van der Waals surface area contributed by atoms with Crippen LogP contribution in [0, 0.1) is 0 Å². The average molecular weight is 333 g/mol. The van der Waals surface area contributed by atoms with Gasteiger partial charge in [-0.05, 0) is 36.4 Å². The first kappa shape index (κ1) is 14.3. The van der Waals surface area contributed by atoms with Crippen molar-refractivity contribution in [1.82, 2.24) is 5.43 Å². The molecule has 0 unspecified atom stereocenters. The SMILES string of the molecule is COc1ccccc1C=NNC(=O)c1ccc(Br)cc1. The van der Waals surface area contributed by atoms with Crippen molar-refractivity contribution in [2.45, 2.75) is 0 Å². The molecule has 0 atom stereocenters. The summed E-state index contributed by atoms with van der Waals surface area (Å²) in [6.07, 6.45) is 1.55. The summed E-state index contributed by atoms with van der Waals surface area (Å²) in [4.78, 5) is 11.8. The van der Waals surface area contributed by atoms with E-state index < -0.39 is 0 Å². The number of amides is 1. The van der Waals surface area contributed by atoms with Crippen LogP contribution in [0.4, 0.5) is 0 Å². The molecule has 0 fully saturated rings. The van der Waals surface area contributed by atoms with Gasteiger partial charge < -0.3 is 4.74 Å². The van der Waals surface area contributed by atoms with Crippen LogP contribution in [-0.4, -0.2) is 19.2 Å². The molecular weight excluding hydrogens is 320 g/mol. The van der Waals surface area contributed by atoms with Gasteiger partial charge >= 0.3 is 0 Å². The second kappa shape index (κ2) is 6.86. The first-order chi connectivity index (χ1) is 9.70. The van der Waals surface area contributed by atoms with Crippen molar-refractivity contribution < 1.29 is 9.53 Å². The van der Waals surface area contributed by atoms with E-state index in [2.05, 4.69) is 26.5 Å². The van der Waals surface area contributed by atoms with Crippen molar-refractivity contribution in [2.24, 2.45) is 5.10 Å². The molecule has 0 aliphatic heterocycles. The van der Waals surface area contributed by atoms with Gasteiger partial charge in [0.05, 0.1) is 13.3 Å². The first-order valence-electron chi connectivity index (χ1n) is 5.92. The topological polar surface area (TPSA) is 50.7 Å². The van der Waals surface area contributed by atoms with Gasteiger partial charge in [-0.15, -0.1) is 0 Å². The highest BCUT2D eigenvalue weighted by molar-refractivity contribution is 9.10. The largest absolute Gasteiger partial charge is 0.496 e. The molecule has 0 aliphatic rings. The minimum Gasteiger partial charge on any atom is -0.496 e. The van der Waals surface area contributed by atoms with Gasteiger partial charge in [-0.25, -0.2) is 5.43 Å². The molecule has 0 heterocycles. The second-order valence-electron chi connectivity index (χ2n) is 3.95. The van der Waals surface area contributed by atoms with Gasteiger partial charge in [0.25, 0.3) is 5.91 Å². The summed E-state index contributed by atoms with van der Waals surface area (Å²) >= 11 is 3.32. The van der Waals surface area contributed by atoms with Crippen LogP contribution in [0.15, 0.2) is 58.1 Å². The zero-order chi connectivity index (χ0) is 14.4. The summed E-state index contributed by atoms with van der Waals surface area (Å²) in [6, 6.07) is 14.5. The predicted octanol–water partition coefficient (Wildman–Crippen LogP) is 3.22. The Morgan fingerprint density at radius 3 is 2.60 bits per heavy atom. The lowest BCUT2D eigenvalue weighted by Gasteiger charge is -2.03. The highest BCUT2D eigenvalue weighted by Crippen LogP contribution is 2.14. The molecule has 4 nitrogen and oxygen atoms in total. The Hall–Kier alpha value is -2.14. The average Bonchev–Trinajstić information content (AvgIpc) is 2.48. The Morgan fingerprint density at radius 1 is 1.20 bits per heavy atom. The number of methoxy groups -OCH3 is 1. The zero-order valence-corrected chi connectivity index (χ0v) is 12.4. The Labute approximate surface area is 125 Å². The van der Waals surface area contributed by atoms with E-state index in [4.69, 9.17) is 4.74 Å². The Morgan fingerprint density at radius 2 is 1.90 bits per heavy atom. The highest BCUT2D eigenvalue weighted by Gasteiger charge is 2.03. The van der Waals surface area contributed by atoms with Crippen molar-refractivity contribution in [3.8, 4) is 5.75 Å². The summed E-state index contributed by atoms with van der Waals surface area (Å²) in [7, 11) is 1.59. The summed E-state index contributed by atoms with van der Waals surface area (Å²) in [5.41, 5.74) is 3.82. The molecule has 1 amide bonds. The number of halogens is 1. The van der Waals surface area contributed by atoms with Crippen molar-refractivity contribution in [2.75, 3.05) is 7.11 Å². The monoisotopic (exact) mass is 332 g/mol. The van der Waals surface area contributed by atoms with Crippen LogP contribution in [0.1, 0.15) is 15.9 Å². The number of nitrogens with zero attached hydrogens (tertiary/aromatic N) is 1. The minimum atomic E-state index is -0.261. The Bertz CT molecular complexity index is 624. The molecular formula is C15H13BrN2O2. The minimum absolute atomic E-state index is 0.261. The van der Waals surface area contributed by atoms with Crippen molar-refractivity contribution in [1.29, 1.82) is 0 Å². The lowest BCUT2D eigenvalue weighted by molar-refractivity contribution is 0.0955. The number of nitrogens with one attached hydrogen (secondary N) is 1. The molecule has 5 heteroatoms. The van der Waals surface area contributed by atoms with E-state index in [9.17, 15) is 4.79 Å². The van der Waals surface area contributed by atoms with Crippen LogP contribution in [0.3, 0.4) is 0 Å². The summed E-state index contributed by atoms with van der Waals surface area (Å²) in [6.45, 7) is 0. The molecule has 0 saturated carbocycles. The van der Waals surface area contributed by atoms with Crippen LogP contribution in [0.2, 0.25) is 0 Å². The number of hydrazone groups is 1. The van der Waals surface area contributed by atoms with Crippen LogP contribution in [0.25, 0.3) is 0 Å². The fourth-order valence-electron chi connectivity index (χ4n) is 1.60. The van der Waals surface area contributed by atoms with Crippen molar-refractivity contribution >= 4 is 28.1 Å². The number of ether oxygens (including phenoxy) is 1. The van der Waals surface area contributed by atoms with Gasteiger partial charge in [0.1, 0.15) is 5.75 Å². The van der Waals surface area contributed by atoms with Crippen molar-refractivity contribution in [3.63, 3.8) is 0 Å². The molecule has 2 aromatic carbocycles. The van der Waals surface area contributed by atoms with E-state index in [1.165, 1.54) is 0 Å². The maximum atomic E-state index is 11.8. The van der Waals surface area contributed by atoms with Crippen LogP contribution < -0.4 is 10.2 Å². The highest BCUT2D eigenvalue weighted by atomic mass is 79.9. The number of carbonyl (C=O) groups excluding carboxylic acids is 1. The quantitative estimate of drug-likeness (QED) is 0.690. The third-order valence-electron chi connectivity index (χ3n) is 2.62. The van der Waals surface area contributed by atoms with E-state index in [1.54, 1.807) is 37.6 Å². The summed E-state index contributed by atoms with van der Waals surface area (Å²) in [5.74, 6) is 0.442. The fraction of sp³-hybridized carbons (Fsp3) is 0.0667. The molecule has 0 aromatic heterocycles. The van der Waals surface area contributed by atoms with Crippen molar-refractivity contribution in [3.05, 3.63) is 64.1 Å². The van der Waals surface area contributed by atoms with E-state index in [1.807, 2.05) is 24.3 Å². The third-order valence-corrected chi connectivity index (χ3v) is 3.14. The molecule has 0 radical (unpaired) electrons. The summed E-state index contributed by atoms with van der Waals surface area (Å²) < 4.78 is 6.11. The molecule has 1 N–H and O–H groups in total. The molecule has 0 saturated heterocycles. The maximum absolute atomic E-state index is 11.8. The molecule has 2 rings (SSSR count). The van der Waals surface area contributed by atoms with Gasteiger partial charge in [-0.3, -0.25) is 4.79 Å². The van der Waals surface area contributed by atoms with E-state index in [0.717, 1.165) is 10.0 Å². The van der Waals surface area contributed by atoms with E-state index in [-0.39, 0.29) is 5.91 Å². The smallest absolute Gasteiger partial charge is 0.271 e. The predicted molar refractivity (Wildman–Crippen MR) is 82.2 cm³/mol. The fourth-order valence-corrected chi connectivity index (χ4v) is 1.86. The Kier molecular flexibility index (Phi) is 4.90. The molecule has 0 bridgehead atoms.